The molecule has 26 heavy (non-hydrogen) atoms. The number of thiophene rings is 1. The molecule has 2 saturated heterocycles. The summed E-state index contributed by atoms with van der Waals surface area (Å²) in [6.07, 6.45) is 6.25. The number of aryl methyl sites for hydroxylation is 1. The molecule has 0 spiro atoms. The summed E-state index contributed by atoms with van der Waals surface area (Å²) in [6.45, 7) is 3.38. The lowest BCUT2D eigenvalue weighted by molar-refractivity contribution is -0.954. The lowest BCUT2D eigenvalue weighted by Crippen LogP contribution is -3.17. The van der Waals surface area contributed by atoms with Crippen LogP contribution < -0.4 is 15.5 Å². The summed E-state index contributed by atoms with van der Waals surface area (Å²) in [4.78, 5) is 3.33. The smallest absolute Gasteiger partial charge is 0.171 e. The summed E-state index contributed by atoms with van der Waals surface area (Å²) in [5, 5.41) is 9.90. The van der Waals surface area contributed by atoms with Crippen LogP contribution in [0.1, 0.15) is 43.0 Å². The van der Waals surface area contributed by atoms with E-state index in [0.29, 0.717) is 6.04 Å². The average Bonchev–Trinajstić information content (AvgIpc) is 3.22. The number of quaternary nitrogens is 1. The maximum atomic E-state index is 5.57. The fourth-order valence-corrected chi connectivity index (χ4v) is 5.65. The van der Waals surface area contributed by atoms with Crippen LogP contribution >= 0.6 is 23.6 Å². The van der Waals surface area contributed by atoms with Gasteiger partial charge in [-0.05, 0) is 47.8 Å². The zero-order valence-corrected chi connectivity index (χ0v) is 17.0. The number of rotatable bonds is 5. The van der Waals surface area contributed by atoms with Gasteiger partial charge in [0, 0.05) is 37.4 Å². The fraction of sp³-hybridized carbons (Fsp3) is 0.476. The second-order valence-electron chi connectivity index (χ2n) is 7.62. The molecule has 3 N–H and O–H groups in total. The van der Waals surface area contributed by atoms with Gasteiger partial charge in [-0.1, -0.05) is 25.1 Å². The Morgan fingerprint density at radius 2 is 1.88 bits per heavy atom. The lowest BCUT2D eigenvalue weighted by atomic mass is 9.97. The van der Waals surface area contributed by atoms with Crippen molar-refractivity contribution in [2.24, 2.45) is 0 Å². The van der Waals surface area contributed by atoms with Crippen molar-refractivity contribution in [3.63, 3.8) is 0 Å². The Hall–Kier alpha value is -1.43. The van der Waals surface area contributed by atoms with E-state index in [-0.39, 0.29) is 0 Å². The van der Waals surface area contributed by atoms with Crippen molar-refractivity contribution in [2.45, 2.75) is 63.7 Å². The first-order valence-electron chi connectivity index (χ1n) is 9.75. The van der Waals surface area contributed by atoms with E-state index >= 15 is 0 Å². The Bertz CT molecular complexity index is 712. The topological polar surface area (TPSA) is 28.5 Å². The van der Waals surface area contributed by atoms with Crippen LogP contribution in [0.5, 0.6) is 0 Å². The molecule has 2 fully saturated rings. The molecule has 138 valence electrons. The third-order valence-corrected chi connectivity index (χ3v) is 7.06. The molecular formula is C21H28N3S2+. The molecule has 2 aliphatic heterocycles. The van der Waals surface area contributed by atoms with E-state index < -0.39 is 0 Å². The van der Waals surface area contributed by atoms with Crippen molar-refractivity contribution in [3.05, 3.63) is 52.2 Å². The minimum absolute atomic E-state index is 0.509. The van der Waals surface area contributed by atoms with Gasteiger partial charge < -0.3 is 15.5 Å². The van der Waals surface area contributed by atoms with Crippen LogP contribution in [0.3, 0.4) is 0 Å². The number of hydrogen-bond acceptors (Lipinski definition) is 2. The summed E-state index contributed by atoms with van der Waals surface area (Å²) in [5.41, 5.74) is 2.43. The molecule has 2 aliphatic rings. The molecule has 0 amide bonds. The highest BCUT2D eigenvalue weighted by Gasteiger charge is 2.44. The van der Waals surface area contributed by atoms with E-state index in [4.69, 9.17) is 12.2 Å². The summed E-state index contributed by atoms with van der Waals surface area (Å²) in [6, 6.07) is 15.1. The van der Waals surface area contributed by atoms with Gasteiger partial charge in [0.15, 0.2) is 5.11 Å². The molecule has 2 bridgehead atoms. The molecule has 0 radical (unpaired) electrons. The molecule has 0 aliphatic carbocycles. The number of piperidine rings is 1. The van der Waals surface area contributed by atoms with Crippen LogP contribution in [-0.2, 0) is 13.0 Å². The SMILES string of the molecule is CCc1ccc(NC(=S)NC2C[C@H]3CC[C@H](C2)[NH+]3Cc2cccs2)cc1. The van der Waals surface area contributed by atoms with Crippen molar-refractivity contribution in [3.8, 4) is 0 Å². The van der Waals surface area contributed by atoms with Gasteiger partial charge in [0.25, 0.3) is 0 Å². The monoisotopic (exact) mass is 386 g/mol. The summed E-state index contributed by atoms with van der Waals surface area (Å²) in [5.74, 6) is 0. The van der Waals surface area contributed by atoms with Gasteiger partial charge >= 0.3 is 0 Å². The largest absolute Gasteiger partial charge is 0.359 e. The summed E-state index contributed by atoms with van der Waals surface area (Å²) in [7, 11) is 0. The van der Waals surface area contributed by atoms with E-state index in [0.717, 1.165) is 29.3 Å². The van der Waals surface area contributed by atoms with Crippen LogP contribution in [0.4, 0.5) is 5.69 Å². The normalized spacial score (nSPS) is 27.3. The third-order valence-electron chi connectivity index (χ3n) is 5.96. The van der Waals surface area contributed by atoms with Gasteiger partial charge in [-0.15, -0.1) is 11.3 Å². The molecule has 3 nitrogen and oxygen atoms in total. The van der Waals surface area contributed by atoms with Crippen LogP contribution in [0.15, 0.2) is 41.8 Å². The zero-order valence-electron chi connectivity index (χ0n) is 15.3. The Morgan fingerprint density at radius 3 is 2.50 bits per heavy atom. The predicted octanol–water partition coefficient (Wildman–Crippen LogP) is 3.38. The molecule has 1 aromatic carbocycles. The van der Waals surface area contributed by atoms with E-state index in [1.807, 2.05) is 11.3 Å². The minimum Gasteiger partial charge on any atom is -0.359 e. The maximum Gasteiger partial charge on any atom is 0.171 e. The lowest BCUT2D eigenvalue weighted by Gasteiger charge is -2.36. The predicted molar refractivity (Wildman–Crippen MR) is 114 cm³/mol. The number of nitrogens with one attached hydrogen (secondary N) is 3. The van der Waals surface area contributed by atoms with E-state index in [9.17, 15) is 0 Å². The third kappa shape index (κ3) is 4.11. The molecule has 5 heteroatoms. The summed E-state index contributed by atoms with van der Waals surface area (Å²) >= 11 is 7.47. The van der Waals surface area contributed by atoms with Gasteiger partial charge in [-0.2, -0.15) is 0 Å². The molecule has 0 unspecified atom stereocenters. The zero-order chi connectivity index (χ0) is 17.9. The van der Waals surface area contributed by atoms with Crippen molar-refractivity contribution in [1.82, 2.24) is 5.32 Å². The van der Waals surface area contributed by atoms with E-state index in [1.165, 1.54) is 42.7 Å². The van der Waals surface area contributed by atoms with Crippen LogP contribution in [0, 0.1) is 0 Å². The number of hydrogen-bond donors (Lipinski definition) is 3. The van der Waals surface area contributed by atoms with Crippen molar-refractivity contribution >= 4 is 34.4 Å². The fourth-order valence-electron chi connectivity index (χ4n) is 4.63. The van der Waals surface area contributed by atoms with Crippen molar-refractivity contribution in [2.75, 3.05) is 5.32 Å². The molecule has 3 heterocycles. The molecule has 4 rings (SSSR count). The van der Waals surface area contributed by atoms with Gasteiger partial charge in [0.05, 0.1) is 17.0 Å². The van der Waals surface area contributed by atoms with Gasteiger partial charge in [-0.25, -0.2) is 0 Å². The molecular weight excluding hydrogens is 358 g/mol. The number of fused-ring (bicyclic) bond motifs is 2. The van der Waals surface area contributed by atoms with Crippen LogP contribution in [0.2, 0.25) is 0 Å². The number of benzene rings is 1. The Morgan fingerprint density at radius 1 is 1.15 bits per heavy atom. The minimum atomic E-state index is 0.509. The Labute approximate surface area is 165 Å². The molecule has 0 saturated carbocycles. The second-order valence-corrected chi connectivity index (χ2v) is 9.06. The first-order valence-corrected chi connectivity index (χ1v) is 11.0. The highest BCUT2D eigenvalue weighted by Crippen LogP contribution is 2.24. The van der Waals surface area contributed by atoms with Gasteiger partial charge in [0.1, 0.15) is 6.54 Å². The molecule has 2 atom stereocenters. The highest BCUT2D eigenvalue weighted by atomic mass is 32.1. The first-order chi connectivity index (χ1) is 12.7. The average molecular weight is 387 g/mol. The van der Waals surface area contributed by atoms with Crippen LogP contribution in [0.25, 0.3) is 0 Å². The van der Waals surface area contributed by atoms with Crippen molar-refractivity contribution in [1.29, 1.82) is 0 Å². The van der Waals surface area contributed by atoms with Crippen LogP contribution in [-0.4, -0.2) is 23.2 Å². The number of anilines is 1. The molecule has 2 aromatic rings. The summed E-state index contributed by atoms with van der Waals surface area (Å²) < 4.78 is 0. The standard InChI is InChI=1S/C21H27N3S2/c1-2-15-5-7-16(8-6-15)22-21(25)23-17-12-18-9-10-19(13-17)24(18)14-20-4-3-11-26-20/h3-8,11,17-19H,2,9-10,12-14H2,1H3,(H2,22,23,25)/p+1/t18-,19-/m1/s1. The first kappa shape index (κ1) is 18.0. The quantitative estimate of drug-likeness (QED) is 0.688. The van der Waals surface area contributed by atoms with E-state index in [2.05, 4.69) is 59.3 Å². The van der Waals surface area contributed by atoms with Crippen molar-refractivity contribution < 1.29 is 4.90 Å². The Balaban J connectivity index is 1.30. The highest BCUT2D eigenvalue weighted by molar-refractivity contribution is 7.80. The molecule has 1 aromatic heterocycles. The second kappa shape index (κ2) is 8.07. The van der Waals surface area contributed by atoms with Gasteiger partial charge in [0.2, 0.25) is 0 Å². The van der Waals surface area contributed by atoms with Gasteiger partial charge in [-0.3, -0.25) is 0 Å². The van der Waals surface area contributed by atoms with E-state index in [1.54, 1.807) is 4.90 Å². The Kier molecular flexibility index (Phi) is 5.57. The maximum absolute atomic E-state index is 5.57. The number of thiocarbonyl (C=S) groups is 1.